The lowest BCUT2D eigenvalue weighted by atomic mass is 9.77. The fourth-order valence-electron chi connectivity index (χ4n) is 7.07. The highest BCUT2D eigenvalue weighted by Crippen LogP contribution is 2.55. The summed E-state index contributed by atoms with van der Waals surface area (Å²) in [6.45, 7) is 8.92. The van der Waals surface area contributed by atoms with E-state index in [-0.39, 0.29) is 0 Å². The van der Waals surface area contributed by atoms with Crippen LogP contribution in [-0.2, 0) is 26.5 Å². The van der Waals surface area contributed by atoms with Crippen molar-refractivity contribution in [2.45, 2.75) is 81.9 Å². The molecule has 3 heterocycles. The molecule has 7 heteroatoms. The third-order valence-corrected chi connectivity index (χ3v) is 10.7. The molecule has 2 aliphatic heterocycles. The fourth-order valence-corrected chi connectivity index (χ4v) is 7.89. The maximum Gasteiger partial charge on any atom is 0.175 e. The van der Waals surface area contributed by atoms with Gasteiger partial charge < -0.3 is 14.2 Å². The zero-order chi connectivity index (χ0) is 29.7. The molecule has 0 N–H and O–H groups in total. The van der Waals surface area contributed by atoms with Gasteiger partial charge in [-0.05, 0) is 72.2 Å². The van der Waals surface area contributed by atoms with Crippen LogP contribution in [0.15, 0.2) is 65.6 Å². The molecular formula is C35H41ClN2O3S. The summed E-state index contributed by atoms with van der Waals surface area (Å²) in [7, 11) is -3.31. The van der Waals surface area contributed by atoms with E-state index in [1.165, 1.54) is 66.6 Å². The van der Waals surface area contributed by atoms with Gasteiger partial charge in [-0.2, -0.15) is 0 Å². The summed E-state index contributed by atoms with van der Waals surface area (Å²) in [5.41, 5.74) is 4.43. The summed E-state index contributed by atoms with van der Waals surface area (Å²) in [4.78, 5) is 2.63. The number of rotatable bonds is 10. The molecule has 0 amide bonds. The highest BCUT2D eigenvalue weighted by atomic mass is 35.5. The summed E-state index contributed by atoms with van der Waals surface area (Å²) >= 11 is 6.48. The van der Waals surface area contributed by atoms with Crippen molar-refractivity contribution in [3.63, 3.8) is 0 Å². The normalized spacial score (nSPS) is 19.8. The van der Waals surface area contributed by atoms with Crippen molar-refractivity contribution >= 4 is 55.0 Å². The van der Waals surface area contributed by atoms with Crippen LogP contribution in [0.25, 0.3) is 27.9 Å². The SMILES string of the molecule is CCCCCCCCn1c2ccc(Cl)cc2c2cc(C=CC34OCCN3c3ccc(S(C)(=O)=O)cc3C4(C)C)ccc21. The number of halogens is 1. The van der Waals surface area contributed by atoms with Crippen molar-refractivity contribution in [3.8, 4) is 0 Å². The van der Waals surface area contributed by atoms with E-state index in [2.05, 4.69) is 72.7 Å². The van der Waals surface area contributed by atoms with Gasteiger partial charge in [-0.1, -0.05) is 76.6 Å². The van der Waals surface area contributed by atoms with Crippen LogP contribution in [0.5, 0.6) is 0 Å². The van der Waals surface area contributed by atoms with Crippen LogP contribution >= 0.6 is 11.6 Å². The van der Waals surface area contributed by atoms with Gasteiger partial charge in [0.15, 0.2) is 15.6 Å². The van der Waals surface area contributed by atoms with Crippen molar-refractivity contribution in [3.05, 3.63) is 76.8 Å². The Hall–Kier alpha value is -2.80. The molecule has 1 fully saturated rings. The molecule has 42 heavy (non-hydrogen) atoms. The lowest BCUT2D eigenvalue weighted by Crippen LogP contribution is -2.51. The molecule has 0 radical (unpaired) electrons. The Bertz CT molecular complexity index is 1790. The number of nitrogens with zero attached hydrogens (tertiary/aromatic N) is 2. The van der Waals surface area contributed by atoms with Gasteiger partial charge >= 0.3 is 0 Å². The molecule has 1 saturated heterocycles. The standard InChI is InChI=1S/C35H41ClN2O3S/c1-5-6-7-8-9-10-19-37-31-14-11-25(22-28(31)29-23-26(36)12-15-32(29)37)17-18-35-34(2,3)30-24-27(42(4,39)40)13-16-33(30)38(35)20-21-41-35/h11-18,22-24H,5-10,19-21H2,1-4H3. The molecule has 1 aromatic heterocycles. The Morgan fingerprint density at radius 3 is 2.40 bits per heavy atom. The average molecular weight is 605 g/mol. The van der Waals surface area contributed by atoms with Crippen molar-refractivity contribution < 1.29 is 13.2 Å². The quantitative estimate of drug-likeness (QED) is 0.170. The fraction of sp³-hybridized carbons (Fsp3) is 0.429. The third kappa shape index (κ3) is 4.86. The molecule has 0 spiro atoms. The molecule has 0 saturated carbocycles. The Labute approximate surface area is 255 Å². The molecule has 1 unspecified atom stereocenters. The molecule has 2 aliphatic rings. The summed E-state index contributed by atoms with van der Waals surface area (Å²) in [5.74, 6) is 0. The first-order valence-electron chi connectivity index (χ1n) is 15.2. The van der Waals surface area contributed by atoms with E-state index in [0.29, 0.717) is 11.5 Å². The number of aryl methyl sites for hydroxylation is 1. The lowest BCUT2D eigenvalue weighted by molar-refractivity contribution is 0.000294. The van der Waals surface area contributed by atoms with Gasteiger partial charge in [-0.15, -0.1) is 0 Å². The highest BCUT2D eigenvalue weighted by molar-refractivity contribution is 7.90. The van der Waals surface area contributed by atoms with E-state index in [1.54, 1.807) is 6.07 Å². The second-order valence-electron chi connectivity index (χ2n) is 12.5. The molecule has 4 aromatic rings. The van der Waals surface area contributed by atoms with Crippen molar-refractivity contribution in [1.29, 1.82) is 0 Å². The number of aromatic nitrogens is 1. The highest BCUT2D eigenvalue weighted by Gasteiger charge is 2.59. The van der Waals surface area contributed by atoms with Crippen LogP contribution in [-0.4, -0.2) is 38.1 Å². The minimum Gasteiger partial charge on any atom is -0.349 e. The zero-order valence-corrected chi connectivity index (χ0v) is 26.7. The second-order valence-corrected chi connectivity index (χ2v) is 14.9. The van der Waals surface area contributed by atoms with Crippen LogP contribution in [0.4, 0.5) is 5.69 Å². The number of hydrogen-bond acceptors (Lipinski definition) is 4. The van der Waals surface area contributed by atoms with Gasteiger partial charge in [-0.3, -0.25) is 0 Å². The number of hydrogen-bond donors (Lipinski definition) is 0. The number of benzene rings is 3. The number of sulfone groups is 1. The van der Waals surface area contributed by atoms with Crippen LogP contribution < -0.4 is 4.90 Å². The predicted molar refractivity (Wildman–Crippen MR) is 175 cm³/mol. The summed E-state index contributed by atoms with van der Waals surface area (Å²) in [6.07, 6.45) is 13.2. The van der Waals surface area contributed by atoms with Crippen LogP contribution in [0.2, 0.25) is 5.02 Å². The average Bonchev–Trinajstić information content (AvgIpc) is 3.57. The third-order valence-electron chi connectivity index (χ3n) is 9.38. The van der Waals surface area contributed by atoms with Crippen molar-refractivity contribution in [2.75, 3.05) is 24.3 Å². The Morgan fingerprint density at radius 2 is 1.64 bits per heavy atom. The molecule has 6 rings (SSSR count). The topological polar surface area (TPSA) is 51.5 Å². The number of ether oxygens (including phenoxy) is 1. The van der Waals surface area contributed by atoms with E-state index in [0.717, 1.165) is 34.9 Å². The van der Waals surface area contributed by atoms with Crippen LogP contribution in [0, 0.1) is 0 Å². The first-order valence-corrected chi connectivity index (χ1v) is 17.5. The van der Waals surface area contributed by atoms with Crippen LogP contribution in [0.3, 0.4) is 0 Å². The monoisotopic (exact) mass is 604 g/mol. The van der Waals surface area contributed by atoms with Crippen LogP contribution in [0.1, 0.15) is 70.4 Å². The van der Waals surface area contributed by atoms with Crippen molar-refractivity contribution in [2.24, 2.45) is 0 Å². The van der Waals surface area contributed by atoms with E-state index in [9.17, 15) is 8.42 Å². The minimum atomic E-state index is -3.31. The predicted octanol–water partition coefficient (Wildman–Crippen LogP) is 8.75. The number of unbranched alkanes of at least 4 members (excludes halogenated alkanes) is 5. The maximum atomic E-state index is 12.3. The van der Waals surface area contributed by atoms with Gasteiger partial charge in [0.2, 0.25) is 0 Å². The Morgan fingerprint density at radius 1 is 0.929 bits per heavy atom. The molecule has 3 aromatic carbocycles. The molecule has 5 nitrogen and oxygen atoms in total. The van der Waals surface area contributed by atoms with E-state index < -0.39 is 21.0 Å². The molecule has 0 bridgehead atoms. The lowest BCUT2D eigenvalue weighted by Gasteiger charge is -2.39. The Kier molecular flexibility index (Phi) is 7.70. The first-order chi connectivity index (χ1) is 20.1. The number of anilines is 1. The van der Waals surface area contributed by atoms with Gasteiger partial charge in [-0.25, -0.2) is 8.42 Å². The first kappa shape index (κ1) is 29.3. The second kappa shape index (κ2) is 11.0. The summed E-state index contributed by atoms with van der Waals surface area (Å²) in [5, 5.41) is 3.13. The van der Waals surface area contributed by atoms with Gasteiger partial charge in [0.25, 0.3) is 0 Å². The maximum absolute atomic E-state index is 12.3. The largest absolute Gasteiger partial charge is 0.349 e. The van der Waals surface area contributed by atoms with Gasteiger partial charge in [0.1, 0.15) is 0 Å². The summed E-state index contributed by atoms with van der Waals surface area (Å²) < 4.78 is 33.7. The minimum absolute atomic E-state index is 0.344. The molecule has 222 valence electrons. The zero-order valence-electron chi connectivity index (χ0n) is 25.1. The molecular weight excluding hydrogens is 564 g/mol. The van der Waals surface area contributed by atoms with E-state index in [4.69, 9.17) is 16.3 Å². The smallest absolute Gasteiger partial charge is 0.175 e. The van der Waals surface area contributed by atoms with Crippen molar-refractivity contribution in [1.82, 2.24) is 4.57 Å². The Balaban J connectivity index is 1.35. The van der Waals surface area contributed by atoms with Gasteiger partial charge in [0, 0.05) is 57.3 Å². The summed E-state index contributed by atoms with van der Waals surface area (Å²) in [6, 6.07) is 18.4. The molecule has 1 atom stereocenters. The van der Waals surface area contributed by atoms with E-state index >= 15 is 0 Å². The number of fused-ring (bicyclic) bond motifs is 6. The van der Waals surface area contributed by atoms with Gasteiger partial charge in [0.05, 0.1) is 11.5 Å². The van der Waals surface area contributed by atoms with E-state index in [1.807, 2.05) is 18.2 Å². The molecule has 0 aliphatic carbocycles.